The third kappa shape index (κ3) is 4.56. The second-order valence-electron chi connectivity index (χ2n) is 6.12. The van der Waals surface area contributed by atoms with Gasteiger partial charge in [-0.3, -0.25) is 0 Å². The molecule has 3 aromatic rings. The molecule has 26 heavy (non-hydrogen) atoms. The molecule has 7 heteroatoms. The third-order valence-corrected chi connectivity index (χ3v) is 5.50. The lowest BCUT2D eigenvalue weighted by molar-refractivity contribution is 0.800. The molecule has 0 spiro atoms. The molecule has 0 atom stereocenters. The molecule has 0 amide bonds. The summed E-state index contributed by atoms with van der Waals surface area (Å²) in [6.45, 7) is 8.41. The van der Waals surface area contributed by atoms with E-state index in [0.29, 0.717) is 6.54 Å². The second kappa shape index (κ2) is 8.56. The summed E-state index contributed by atoms with van der Waals surface area (Å²) in [5, 5.41) is 9.67. The van der Waals surface area contributed by atoms with Crippen molar-refractivity contribution >= 4 is 39.8 Å². The van der Waals surface area contributed by atoms with Gasteiger partial charge in [0.2, 0.25) is 0 Å². The van der Waals surface area contributed by atoms with Crippen molar-refractivity contribution in [1.82, 2.24) is 20.6 Å². The molecule has 0 aliphatic carbocycles. The molecule has 0 saturated heterocycles. The number of halogens is 1. The number of guanidine groups is 1. The maximum Gasteiger partial charge on any atom is 0.191 e. The van der Waals surface area contributed by atoms with Crippen molar-refractivity contribution in [1.29, 1.82) is 0 Å². The zero-order valence-electron chi connectivity index (χ0n) is 15.3. The maximum absolute atomic E-state index is 6.12. The van der Waals surface area contributed by atoms with Gasteiger partial charge in [-0.25, -0.2) is 9.98 Å². The van der Waals surface area contributed by atoms with E-state index in [1.807, 2.05) is 31.3 Å². The molecule has 5 nitrogen and oxygen atoms in total. The minimum atomic E-state index is 0.595. The van der Waals surface area contributed by atoms with Gasteiger partial charge >= 0.3 is 0 Å². The number of benzene rings is 1. The number of rotatable bonds is 6. The number of aromatic nitrogens is 2. The third-order valence-electron chi connectivity index (χ3n) is 4.21. The predicted octanol–water partition coefficient (Wildman–Crippen LogP) is 4.19. The molecule has 0 bridgehead atoms. The summed E-state index contributed by atoms with van der Waals surface area (Å²) in [5.74, 6) is 0.816. The Labute approximate surface area is 162 Å². The van der Waals surface area contributed by atoms with Crippen LogP contribution in [0.25, 0.3) is 10.9 Å². The van der Waals surface area contributed by atoms with E-state index in [0.717, 1.165) is 46.7 Å². The number of thiazole rings is 1. The van der Waals surface area contributed by atoms with Gasteiger partial charge in [0, 0.05) is 40.1 Å². The Morgan fingerprint density at radius 1 is 1.31 bits per heavy atom. The van der Waals surface area contributed by atoms with Crippen LogP contribution in [0.3, 0.4) is 0 Å². The topological polar surface area (TPSA) is 65.1 Å². The first-order valence-electron chi connectivity index (χ1n) is 8.77. The Morgan fingerprint density at radius 3 is 2.88 bits per heavy atom. The van der Waals surface area contributed by atoms with Crippen molar-refractivity contribution < 1.29 is 0 Å². The van der Waals surface area contributed by atoms with Gasteiger partial charge in [-0.05, 0) is 51.0 Å². The number of hydrogen-bond acceptors (Lipinski definition) is 3. The van der Waals surface area contributed by atoms with E-state index in [9.17, 15) is 0 Å². The Bertz CT molecular complexity index is 892. The fourth-order valence-electron chi connectivity index (χ4n) is 2.77. The van der Waals surface area contributed by atoms with E-state index in [1.54, 1.807) is 11.3 Å². The molecule has 0 fully saturated rings. The predicted molar refractivity (Wildman–Crippen MR) is 111 cm³/mol. The lowest BCUT2D eigenvalue weighted by Gasteiger charge is -2.10. The Kier molecular flexibility index (Phi) is 6.16. The van der Waals surface area contributed by atoms with Crippen molar-refractivity contribution in [2.75, 3.05) is 13.1 Å². The summed E-state index contributed by atoms with van der Waals surface area (Å²) >= 11 is 7.83. The van der Waals surface area contributed by atoms with Crippen molar-refractivity contribution in [2.24, 2.45) is 4.99 Å². The Morgan fingerprint density at radius 2 is 2.15 bits per heavy atom. The van der Waals surface area contributed by atoms with Gasteiger partial charge in [-0.15, -0.1) is 11.3 Å². The fraction of sp³-hybridized carbons (Fsp3) is 0.368. The highest BCUT2D eigenvalue weighted by molar-refractivity contribution is 7.11. The summed E-state index contributed by atoms with van der Waals surface area (Å²) in [4.78, 5) is 13.7. The van der Waals surface area contributed by atoms with E-state index >= 15 is 0 Å². The minimum absolute atomic E-state index is 0.595. The van der Waals surface area contributed by atoms with Gasteiger partial charge in [-0.2, -0.15) is 0 Å². The molecule has 138 valence electrons. The molecule has 0 unspecified atom stereocenters. The quantitative estimate of drug-likeness (QED) is 0.437. The minimum Gasteiger partial charge on any atom is -0.361 e. The van der Waals surface area contributed by atoms with Crippen molar-refractivity contribution in [3.63, 3.8) is 0 Å². The number of aromatic amines is 1. The van der Waals surface area contributed by atoms with Crippen LogP contribution in [0, 0.1) is 13.8 Å². The fourth-order valence-corrected chi connectivity index (χ4v) is 3.80. The largest absolute Gasteiger partial charge is 0.361 e. The zero-order chi connectivity index (χ0) is 18.5. The van der Waals surface area contributed by atoms with Crippen LogP contribution < -0.4 is 10.6 Å². The first kappa shape index (κ1) is 18.7. The number of aliphatic imine (C=N–C) groups is 1. The number of hydrogen-bond donors (Lipinski definition) is 3. The van der Waals surface area contributed by atoms with Crippen LogP contribution in [0.4, 0.5) is 0 Å². The summed E-state index contributed by atoms with van der Waals surface area (Å²) in [6, 6.07) is 5.92. The lowest BCUT2D eigenvalue weighted by Crippen LogP contribution is -2.38. The van der Waals surface area contributed by atoms with Gasteiger partial charge < -0.3 is 15.6 Å². The molecule has 0 saturated carbocycles. The molecule has 0 radical (unpaired) electrons. The highest BCUT2D eigenvalue weighted by Crippen LogP contribution is 2.22. The number of nitrogens with one attached hydrogen (secondary N) is 3. The van der Waals surface area contributed by atoms with Crippen LogP contribution in [0.1, 0.15) is 28.1 Å². The van der Waals surface area contributed by atoms with E-state index in [4.69, 9.17) is 11.6 Å². The number of aryl methyl sites for hydroxylation is 2. The van der Waals surface area contributed by atoms with E-state index < -0.39 is 0 Å². The van der Waals surface area contributed by atoms with E-state index in [2.05, 4.69) is 39.4 Å². The van der Waals surface area contributed by atoms with Gasteiger partial charge in [0.25, 0.3) is 0 Å². The SMILES string of the molecule is CCNC(=NCc1nc(C)c(C)s1)NCCc1c[nH]c2ccc(Cl)cc12. The van der Waals surface area contributed by atoms with Gasteiger partial charge in [0.15, 0.2) is 5.96 Å². The van der Waals surface area contributed by atoms with E-state index in [-0.39, 0.29) is 0 Å². The Hall–Kier alpha value is -2.05. The summed E-state index contributed by atoms with van der Waals surface area (Å²) < 4.78 is 0. The van der Waals surface area contributed by atoms with Crippen LogP contribution in [-0.4, -0.2) is 29.0 Å². The van der Waals surface area contributed by atoms with Gasteiger partial charge in [0.05, 0.1) is 12.2 Å². The smallest absolute Gasteiger partial charge is 0.191 e. The van der Waals surface area contributed by atoms with Crippen LogP contribution in [0.5, 0.6) is 0 Å². The summed E-state index contributed by atoms with van der Waals surface area (Å²) in [7, 11) is 0. The van der Waals surface area contributed by atoms with Crippen LogP contribution >= 0.6 is 22.9 Å². The van der Waals surface area contributed by atoms with Crippen LogP contribution in [0.15, 0.2) is 29.4 Å². The highest BCUT2D eigenvalue weighted by atomic mass is 35.5. The normalized spacial score (nSPS) is 11.9. The van der Waals surface area contributed by atoms with Gasteiger partial charge in [-0.1, -0.05) is 11.6 Å². The summed E-state index contributed by atoms with van der Waals surface area (Å²) in [5.41, 5.74) is 3.45. The average molecular weight is 390 g/mol. The zero-order valence-corrected chi connectivity index (χ0v) is 16.9. The highest BCUT2D eigenvalue weighted by Gasteiger charge is 2.06. The average Bonchev–Trinajstić information content (AvgIpc) is 3.15. The lowest BCUT2D eigenvalue weighted by atomic mass is 10.1. The molecular formula is C19H24ClN5S. The first-order chi connectivity index (χ1) is 12.6. The number of fused-ring (bicyclic) bond motifs is 1. The standard InChI is InChI=1S/C19H24ClN5S/c1-4-21-19(24-11-18-25-12(2)13(3)26-18)22-8-7-14-10-23-17-6-5-15(20)9-16(14)17/h5-6,9-10,23H,4,7-8,11H2,1-3H3,(H2,21,22,24). The second-order valence-corrected chi connectivity index (χ2v) is 7.85. The van der Waals surface area contributed by atoms with E-state index in [1.165, 1.54) is 15.8 Å². The van der Waals surface area contributed by atoms with Crippen molar-refractivity contribution in [3.05, 3.63) is 50.6 Å². The van der Waals surface area contributed by atoms with Gasteiger partial charge in [0.1, 0.15) is 5.01 Å². The molecule has 1 aromatic carbocycles. The monoisotopic (exact) mass is 389 g/mol. The van der Waals surface area contributed by atoms with Crippen molar-refractivity contribution in [2.45, 2.75) is 33.7 Å². The van der Waals surface area contributed by atoms with Crippen molar-refractivity contribution in [3.8, 4) is 0 Å². The van der Waals surface area contributed by atoms with Crippen LogP contribution in [0.2, 0.25) is 5.02 Å². The summed E-state index contributed by atoms with van der Waals surface area (Å²) in [6.07, 6.45) is 2.94. The molecule has 3 rings (SSSR count). The Balaban J connectivity index is 1.61. The molecule has 3 N–H and O–H groups in total. The number of nitrogens with zero attached hydrogens (tertiary/aromatic N) is 2. The molecule has 2 heterocycles. The molecule has 2 aromatic heterocycles. The molecular weight excluding hydrogens is 366 g/mol. The maximum atomic E-state index is 6.12. The van der Waals surface area contributed by atoms with Crippen LogP contribution in [-0.2, 0) is 13.0 Å². The molecule has 0 aliphatic heterocycles. The first-order valence-corrected chi connectivity index (χ1v) is 9.97. The number of H-pyrrole nitrogens is 1. The molecule has 0 aliphatic rings.